The molecule has 3 heteroatoms. The summed E-state index contributed by atoms with van der Waals surface area (Å²) < 4.78 is 0. The molecule has 2 aromatic rings. The maximum absolute atomic E-state index is 4.07. The molecule has 0 spiro atoms. The second-order valence-electron chi connectivity index (χ2n) is 4.95. The minimum absolute atomic E-state index is 1.06. The molecule has 3 nitrogen and oxygen atoms in total. The van der Waals surface area contributed by atoms with Gasteiger partial charge in [-0.2, -0.15) is 0 Å². The van der Waals surface area contributed by atoms with Crippen molar-refractivity contribution in [2.24, 2.45) is 0 Å². The smallest absolute Gasteiger partial charge is 0.0397 e. The highest BCUT2D eigenvalue weighted by molar-refractivity contribution is 5.44. The van der Waals surface area contributed by atoms with E-state index in [4.69, 9.17) is 0 Å². The molecule has 112 valence electrons. The third-order valence-electron chi connectivity index (χ3n) is 3.65. The van der Waals surface area contributed by atoms with E-state index in [0.29, 0.717) is 0 Å². The number of pyridine rings is 1. The molecular weight excluding hydrogens is 258 g/mol. The lowest BCUT2D eigenvalue weighted by Crippen LogP contribution is -2.45. The maximum atomic E-state index is 4.07. The minimum Gasteiger partial charge on any atom is -0.369 e. The van der Waals surface area contributed by atoms with Crippen molar-refractivity contribution in [1.29, 1.82) is 0 Å². The number of benzene rings is 1. The van der Waals surface area contributed by atoms with E-state index in [1.807, 2.05) is 26.2 Å². The summed E-state index contributed by atoms with van der Waals surface area (Å²) in [5.41, 5.74) is 2.69. The first-order chi connectivity index (χ1) is 10.4. The molecule has 0 atom stereocenters. The summed E-state index contributed by atoms with van der Waals surface area (Å²) in [6.45, 7) is 9.49. The highest BCUT2D eigenvalue weighted by Crippen LogP contribution is 2.15. The van der Waals surface area contributed by atoms with Gasteiger partial charge in [0.15, 0.2) is 0 Å². The first kappa shape index (κ1) is 15.5. The van der Waals surface area contributed by atoms with Crippen LogP contribution in [0.5, 0.6) is 0 Å². The summed E-state index contributed by atoms with van der Waals surface area (Å²) in [5.74, 6) is 0. The van der Waals surface area contributed by atoms with E-state index in [0.717, 1.165) is 32.7 Å². The van der Waals surface area contributed by atoms with Gasteiger partial charge in [-0.3, -0.25) is 9.88 Å². The van der Waals surface area contributed by atoms with Gasteiger partial charge in [-0.25, -0.2) is 0 Å². The van der Waals surface area contributed by atoms with Crippen molar-refractivity contribution < 1.29 is 0 Å². The van der Waals surface area contributed by atoms with Crippen molar-refractivity contribution in [3.63, 3.8) is 0 Å². The minimum atomic E-state index is 1.06. The normalized spacial score (nSPS) is 15.2. The average molecular weight is 283 g/mol. The largest absolute Gasteiger partial charge is 0.369 e. The fourth-order valence-electron chi connectivity index (χ4n) is 2.56. The van der Waals surface area contributed by atoms with Gasteiger partial charge in [0.25, 0.3) is 0 Å². The van der Waals surface area contributed by atoms with Gasteiger partial charge in [-0.1, -0.05) is 44.2 Å². The lowest BCUT2D eigenvalue weighted by atomic mass is 10.2. The zero-order chi connectivity index (χ0) is 14.9. The monoisotopic (exact) mass is 283 g/mol. The molecular formula is C18H25N3. The van der Waals surface area contributed by atoms with E-state index in [-0.39, 0.29) is 0 Å². The fourth-order valence-corrected chi connectivity index (χ4v) is 2.56. The molecule has 1 saturated heterocycles. The molecule has 1 aromatic heterocycles. The average Bonchev–Trinajstić information content (AvgIpc) is 2.59. The van der Waals surface area contributed by atoms with Crippen molar-refractivity contribution in [2.75, 3.05) is 31.1 Å². The molecule has 0 bridgehead atoms. The summed E-state index contributed by atoms with van der Waals surface area (Å²) in [5, 5.41) is 0. The van der Waals surface area contributed by atoms with Crippen LogP contribution in [0.3, 0.4) is 0 Å². The van der Waals surface area contributed by atoms with Crippen LogP contribution in [0.2, 0.25) is 0 Å². The van der Waals surface area contributed by atoms with Crippen LogP contribution < -0.4 is 4.90 Å². The van der Waals surface area contributed by atoms with Gasteiger partial charge in [0, 0.05) is 50.8 Å². The van der Waals surface area contributed by atoms with Gasteiger partial charge in [-0.15, -0.1) is 0 Å². The van der Waals surface area contributed by atoms with Crippen LogP contribution in [-0.2, 0) is 6.54 Å². The predicted molar refractivity (Wildman–Crippen MR) is 89.5 cm³/mol. The molecule has 1 aliphatic heterocycles. The molecule has 3 rings (SSSR count). The van der Waals surface area contributed by atoms with E-state index in [1.54, 1.807) is 0 Å². The standard InChI is InChI=1S/C16H19N3.C2H6/c1-2-4-15(5-3-1)14-18-10-12-19(13-11-18)16-6-8-17-9-7-16;1-2/h1-9H,10-14H2;1-2H3. The van der Waals surface area contributed by atoms with Gasteiger partial charge >= 0.3 is 0 Å². The molecule has 0 saturated carbocycles. The molecule has 1 aliphatic rings. The van der Waals surface area contributed by atoms with Gasteiger partial charge in [-0.05, 0) is 17.7 Å². The molecule has 0 amide bonds. The summed E-state index contributed by atoms with van der Waals surface area (Å²) in [4.78, 5) is 9.03. The number of piperazine rings is 1. The molecule has 1 fully saturated rings. The lowest BCUT2D eigenvalue weighted by molar-refractivity contribution is 0.250. The Balaban J connectivity index is 0.000000774. The van der Waals surface area contributed by atoms with Gasteiger partial charge in [0.2, 0.25) is 0 Å². The highest BCUT2D eigenvalue weighted by Gasteiger charge is 2.16. The van der Waals surface area contributed by atoms with Crippen LogP contribution in [0.25, 0.3) is 0 Å². The third-order valence-corrected chi connectivity index (χ3v) is 3.65. The number of hydrogen-bond donors (Lipinski definition) is 0. The van der Waals surface area contributed by atoms with Crippen molar-refractivity contribution in [3.8, 4) is 0 Å². The molecule has 21 heavy (non-hydrogen) atoms. The maximum Gasteiger partial charge on any atom is 0.0397 e. The number of hydrogen-bond acceptors (Lipinski definition) is 3. The van der Waals surface area contributed by atoms with E-state index in [2.05, 4.69) is 57.2 Å². The first-order valence-corrected chi connectivity index (χ1v) is 7.83. The summed E-state index contributed by atoms with van der Waals surface area (Å²) in [6.07, 6.45) is 3.73. The Hall–Kier alpha value is -1.87. The molecule has 1 aromatic carbocycles. The number of rotatable bonds is 3. The number of aromatic nitrogens is 1. The number of anilines is 1. The molecule has 0 unspecified atom stereocenters. The van der Waals surface area contributed by atoms with Gasteiger partial charge in [0.1, 0.15) is 0 Å². The van der Waals surface area contributed by atoms with E-state index < -0.39 is 0 Å². The summed E-state index contributed by atoms with van der Waals surface area (Å²) in [7, 11) is 0. The van der Waals surface area contributed by atoms with Crippen LogP contribution >= 0.6 is 0 Å². The molecule has 2 heterocycles. The van der Waals surface area contributed by atoms with Crippen LogP contribution in [0, 0.1) is 0 Å². The third kappa shape index (κ3) is 4.57. The fraction of sp³-hybridized carbons (Fsp3) is 0.389. The van der Waals surface area contributed by atoms with Crippen LogP contribution in [-0.4, -0.2) is 36.1 Å². The van der Waals surface area contributed by atoms with Crippen LogP contribution in [0.15, 0.2) is 54.9 Å². The van der Waals surface area contributed by atoms with Crippen LogP contribution in [0.1, 0.15) is 19.4 Å². The lowest BCUT2D eigenvalue weighted by Gasteiger charge is -2.36. The van der Waals surface area contributed by atoms with Crippen molar-refractivity contribution in [1.82, 2.24) is 9.88 Å². The zero-order valence-electron chi connectivity index (χ0n) is 13.1. The SMILES string of the molecule is CC.c1ccc(CN2CCN(c3ccncc3)CC2)cc1. The Bertz CT molecular complexity index is 490. The Morgan fingerprint density at radius 1 is 0.857 bits per heavy atom. The Morgan fingerprint density at radius 2 is 1.48 bits per heavy atom. The summed E-state index contributed by atoms with van der Waals surface area (Å²) >= 11 is 0. The zero-order valence-corrected chi connectivity index (χ0v) is 13.1. The summed E-state index contributed by atoms with van der Waals surface area (Å²) in [6, 6.07) is 14.9. The molecule has 0 radical (unpaired) electrons. The van der Waals surface area contributed by atoms with Crippen molar-refractivity contribution in [2.45, 2.75) is 20.4 Å². The van der Waals surface area contributed by atoms with Gasteiger partial charge < -0.3 is 4.90 Å². The van der Waals surface area contributed by atoms with Crippen molar-refractivity contribution >= 4 is 5.69 Å². The van der Waals surface area contributed by atoms with Gasteiger partial charge in [0.05, 0.1) is 0 Å². The first-order valence-electron chi connectivity index (χ1n) is 7.83. The highest BCUT2D eigenvalue weighted by atomic mass is 15.3. The quantitative estimate of drug-likeness (QED) is 0.860. The number of nitrogens with zero attached hydrogens (tertiary/aromatic N) is 3. The van der Waals surface area contributed by atoms with E-state index >= 15 is 0 Å². The Kier molecular flexibility index (Phi) is 6.22. The van der Waals surface area contributed by atoms with E-state index in [9.17, 15) is 0 Å². The Morgan fingerprint density at radius 3 is 2.10 bits per heavy atom. The molecule has 0 N–H and O–H groups in total. The second-order valence-corrected chi connectivity index (χ2v) is 4.95. The Labute approximate surface area is 128 Å². The molecule has 0 aliphatic carbocycles. The van der Waals surface area contributed by atoms with Crippen molar-refractivity contribution in [3.05, 3.63) is 60.4 Å². The van der Waals surface area contributed by atoms with E-state index in [1.165, 1.54) is 11.3 Å². The predicted octanol–water partition coefficient (Wildman–Crippen LogP) is 3.43. The second kappa shape index (κ2) is 8.42. The van der Waals surface area contributed by atoms with Crippen LogP contribution in [0.4, 0.5) is 5.69 Å². The topological polar surface area (TPSA) is 19.4 Å².